The van der Waals surface area contributed by atoms with Crippen LogP contribution in [0.2, 0.25) is 0 Å². The molecule has 1 atom stereocenters. The van der Waals surface area contributed by atoms with Crippen LogP contribution >= 0.6 is 0 Å². The van der Waals surface area contributed by atoms with Gasteiger partial charge in [-0.1, -0.05) is 182 Å². The Balaban J connectivity index is 0.893. The third-order valence-electron chi connectivity index (χ3n) is 14.1. The molecule has 0 spiro atoms. The van der Waals surface area contributed by atoms with Gasteiger partial charge in [0.05, 0.1) is 11.6 Å². The standard InChI is InChI=1S/C66H53N3/c1-5-15-48(16-6-1)51-25-35-57(36-26-51)67(58-37-27-52(28-38-58)49-17-7-2-8-18-49)59-39-31-54(32-40-59)55-33-43-61(44-34-55)68(60-41-29-53(30-42-60)50-19-9-3-10-20-50)62-45-46-64-63-23-13-14-24-65(63)69(66(64)47-62)56-21-11-4-12-22-56/h1-2,4-9,11-21,23-29,31-41,43-47,56H,3,10,22,30,42H2. The summed E-state index contributed by atoms with van der Waals surface area (Å²) in [6.07, 6.45) is 25.9. The zero-order valence-corrected chi connectivity index (χ0v) is 38.7. The van der Waals surface area contributed by atoms with Crippen molar-refractivity contribution in [3.05, 3.63) is 272 Å². The average Bonchev–Trinajstić information content (AvgIpc) is 3.77. The van der Waals surface area contributed by atoms with Crippen molar-refractivity contribution in [2.24, 2.45) is 0 Å². The second kappa shape index (κ2) is 18.7. The summed E-state index contributed by atoms with van der Waals surface area (Å²) in [6.45, 7) is 0. The van der Waals surface area contributed by atoms with Gasteiger partial charge in [0.2, 0.25) is 0 Å². The maximum absolute atomic E-state index is 2.55. The Morgan fingerprint density at radius 3 is 1.45 bits per heavy atom. The van der Waals surface area contributed by atoms with Crippen LogP contribution in [-0.2, 0) is 0 Å². The molecule has 0 bridgehead atoms. The van der Waals surface area contributed by atoms with E-state index in [0.717, 1.165) is 54.9 Å². The fraction of sp³-hybridized carbons (Fsp3) is 0.0909. The summed E-state index contributed by atoms with van der Waals surface area (Å²) in [4.78, 5) is 4.85. The SMILES string of the molecule is C1=CCC(n2c3ccccc3c3ccc(N(C4=CC=C(C5=CCCC=C5)CC4)c4ccc(-c5ccc(N(c6ccc(-c7ccccc7)cc6)c6ccc(-c7ccccc7)cc6)cc5)cc4)cc32)C=C1. The van der Waals surface area contributed by atoms with E-state index in [1.54, 1.807) is 0 Å². The van der Waals surface area contributed by atoms with E-state index in [0.29, 0.717) is 0 Å². The fourth-order valence-corrected chi connectivity index (χ4v) is 10.5. The minimum absolute atomic E-state index is 0.260. The van der Waals surface area contributed by atoms with Gasteiger partial charge < -0.3 is 14.4 Å². The molecule has 9 aromatic rings. The molecule has 3 heteroatoms. The van der Waals surface area contributed by atoms with E-state index >= 15 is 0 Å². The number of hydrogen-bond donors (Lipinski definition) is 0. The Morgan fingerprint density at radius 1 is 0.406 bits per heavy atom. The molecule has 3 nitrogen and oxygen atoms in total. The van der Waals surface area contributed by atoms with Crippen molar-refractivity contribution < 1.29 is 0 Å². The number of allylic oxidation sites excluding steroid dienone is 12. The van der Waals surface area contributed by atoms with Gasteiger partial charge in [0, 0.05) is 50.4 Å². The lowest BCUT2D eigenvalue weighted by Gasteiger charge is -2.30. The Kier molecular flexibility index (Phi) is 11.4. The Hall–Kier alpha value is -8.40. The van der Waals surface area contributed by atoms with Crippen LogP contribution in [0.4, 0.5) is 28.4 Å². The van der Waals surface area contributed by atoms with E-state index < -0.39 is 0 Å². The zero-order chi connectivity index (χ0) is 45.9. The molecule has 0 aliphatic heterocycles. The first kappa shape index (κ1) is 42.0. The smallest absolute Gasteiger partial charge is 0.0560 e. The minimum atomic E-state index is 0.260. The predicted octanol–water partition coefficient (Wildman–Crippen LogP) is 18.3. The second-order valence-corrected chi connectivity index (χ2v) is 18.3. The summed E-state index contributed by atoms with van der Waals surface area (Å²) < 4.78 is 2.55. The molecule has 0 fully saturated rings. The molecule has 3 aliphatic carbocycles. The van der Waals surface area contributed by atoms with Crippen LogP contribution < -0.4 is 9.80 Å². The lowest BCUT2D eigenvalue weighted by atomic mass is 9.91. The van der Waals surface area contributed by atoms with Crippen LogP contribution in [0.5, 0.6) is 0 Å². The lowest BCUT2D eigenvalue weighted by Crippen LogP contribution is -2.18. The highest BCUT2D eigenvalue weighted by Crippen LogP contribution is 2.43. The van der Waals surface area contributed by atoms with Crippen molar-refractivity contribution in [3.8, 4) is 33.4 Å². The number of anilines is 5. The number of para-hydroxylation sites is 1. The van der Waals surface area contributed by atoms with Gasteiger partial charge in [0.15, 0.2) is 0 Å². The van der Waals surface area contributed by atoms with Gasteiger partial charge in [-0.05, 0) is 149 Å². The van der Waals surface area contributed by atoms with Crippen LogP contribution in [0.25, 0.3) is 55.2 Å². The Morgan fingerprint density at radius 2 is 0.928 bits per heavy atom. The van der Waals surface area contributed by atoms with Gasteiger partial charge in [-0.3, -0.25) is 0 Å². The van der Waals surface area contributed by atoms with Crippen molar-refractivity contribution in [2.75, 3.05) is 9.80 Å². The van der Waals surface area contributed by atoms with Gasteiger partial charge >= 0.3 is 0 Å². The maximum Gasteiger partial charge on any atom is 0.0560 e. The quantitative estimate of drug-likeness (QED) is 0.128. The van der Waals surface area contributed by atoms with E-state index in [4.69, 9.17) is 0 Å². The van der Waals surface area contributed by atoms with Crippen LogP contribution in [0, 0.1) is 0 Å². The molecule has 3 aliphatic rings. The number of aromatic nitrogens is 1. The molecular formula is C66H53N3. The summed E-state index contributed by atoms with van der Waals surface area (Å²) >= 11 is 0. The van der Waals surface area contributed by atoms with Crippen LogP contribution in [0.1, 0.15) is 38.1 Å². The van der Waals surface area contributed by atoms with Crippen LogP contribution in [0.15, 0.2) is 272 Å². The predicted molar refractivity (Wildman–Crippen MR) is 293 cm³/mol. The van der Waals surface area contributed by atoms with Crippen molar-refractivity contribution >= 4 is 50.2 Å². The van der Waals surface area contributed by atoms with E-state index in [1.165, 1.54) is 77.7 Å². The molecule has 0 amide bonds. The number of fused-ring (bicyclic) bond motifs is 3. The molecule has 0 radical (unpaired) electrons. The van der Waals surface area contributed by atoms with E-state index in [-0.39, 0.29) is 6.04 Å². The first-order valence-corrected chi connectivity index (χ1v) is 24.5. The molecule has 12 rings (SSSR count). The average molecular weight is 888 g/mol. The van der Waals surface area contributed by atoms with E-state index in [2.05, 4.69) is 269 Å². The van der Waals surface area contributed by atoms with Gasteiger partial charge in [-0.15, -0.1) is 0 Å². The van der Waals surface area contributed by atoms with Crippen LogP contribution in [-0.4, -0.2) is 4.57 Å². The monoisotopic (exact) mass is 887 g/mol. The van der Waals surface area contributed by atoms with E-state index in [9.17, 15) is 0 Å². The molecule has 69 heavy (non-hydrogen) atoms. The zero-order valence-electron chi connectivity index (χ0n) is 38.7. The molecule has 0 saturated heterocycles. The summed E-state index contributed by atoms with van der Waals surface area (Å²) in [5, 5.41) is 2.59. The van der Waals surface area contributed by atoms with Crippen molar-refractivity contribution in [1.29, 1.82) is 0 Å². The molecule has 1 aromatic heterocycles. The van der Waals surface area contributed by atoms with Crippen molar-refractivity contribution in [1.82, 2.24) is 4.57 Å². The van der Waals surface area contributed by atoms with Crippen LogP contribution in [0.3, 0.4) is 0 Å². The number of nitrogens with zero attached hydrogens (tertiary/aromatic N) is 3. The highest BCUT2D eigenvalue weighted by molar-refractivity contribution is 6.09. The molecule has 0 saturated carbocycles. The lowest BCUT2D eigenvalue weighted by molar-refractivity contribution is 0.648. The van der Waals surface area contributed by atoms with Crippen molar-refractivity contribution in [3.63, 3.8) is 0 Å². The van der Waals surface area contributed by atoms with Gasteiger partial charge in [-0.25, -0.2) is 0 Å². The largest absolute Gasteiger partial charge is 0.333 e. The van der Waals surface area contributed by atoms with Gasteiger partial charge in [-0.2, -0.15) is 0 Å². The Bertz CT molecular complexity index is 3390. The number of rotatable bonds is 11. The molecule has 332 valence electrons. The summed E-state index contributed by atoms with van der Waals surface area (Å²) in [5.41, 5.74) is 19.5. The third kappa shape index (κ3) is 8.38. The first-order valence-electron chi connectivity index (χ1n) is 24.5. The fourth-order valence-electron chi connectivity index (χ4n) is 10.5. The Labute approximate surface area is 405 Å². The molecule has 1 heterocycles. The maximum atomic E-state index is 2.55. The highest BCUT2D eigenvalue weighted by atomic mass is 15.2. The third-order valence-corrected chi connectivity index (χ3v) is 14.1. The molecular weight excluding hydrogens is 835 g/mol. The first-order chi connectivity index (χ1) is 34.2. The summed E-state index contributed by atoms with van der Waals surface area (Å²) in [5.74, 6) is 0. The summed E-state index contributed by atoms with van der Waals surface area (Å²) in [6, 6.07) is 73.5. The topological polar surface area (TPSA) is 11.4 Å². The van der Waals surface area contributed by atoms with Gasteiger partial charge in [0.1, 0.15) is 0 Å². The minimum Gasteiger partial charge on any atom is -0.333 e. The normalized spacial score (nSPS) is 15.5. The molecule has 8 aromatic carbocycles. The number of hydrogen-bond acceptors (Lipinski definition) is 2. The second-order valence-electron chi connectivity index (χ2n) is 18.3. The summed E-state index contributed by atoms with van der Waals surface area (Å²) in [7, 11) is 0. The van der Waals surface area contributed by atoms with Crippen molar-refractivity contribution in [2.45, 2.75) is 38.1 Å². The van der Waals surface area contributed by atoms with E-state index in [1.807, 2.05) is 0 Å². The van der Waals surface area contributed by atoms with Gasteiger partial charge in [0.25, 0.3) is 0 Å². The molecule has 1 unspecified atom stereocenters. The molecule has 0 N–H and O–H groups in total. The number of benzene rings is 8. The highest BCUT2D eigenvalue weighted by Gasteiger charge is 2.23.